The molecule has 0 radical (unpaired) electrons. The van der Waals surface area contributed by atoms with Gasteiger partial charge in [-0.05, 0) is 60.0 Å². The van der Waals surface area contributed by atoms with Crippen LogP contribution in [-0.4, -0.2) is 25.9 Å². The van der Waals surface area contributed by atoms with Gasteiger partial charge in [-0.2, -0.15) is 0 Å². The van der Waals surface area contributed by atoms with Gasteiger partial charge in [0.1, 0.15) is 30.5 Å². The molecule has 5 rings (SSSR count). The summed E-state index contributed by atoms with van der Waals surface area (Å²) in [6.45, 7) is 2.72. The Morgan fingerprint density at radius 1 is 0.674 bits per heavy atom. The van der Waals surface area contributed by atoms with Crippen LogP contribution in [0.25, 0.3) is 10.9 Å². The molecule has 0 amide bonds. The molecule has 0 saturated heterocycles. The molecule has 0 aliphatic rings. The molecule has 5 aromatic rings. The number of hydrogen-bond acceptors (Lipinski definition) is 6. The van der Waals surface area contributed by atoms with Crippen LogP contribution in [0.5, 0.6) is 28.7 Å². The van der Waals surface area contributed by atoms with Crippen LogP contribution in [0, 0.1) is 5.82 Å². The average molecular weight is 584 g/mol. The van der Waals surface area contributed by atoms with E-state index in [0.717, 1.165) is 33.9 Å². The van der Waals surface area contributed by atoms with Crippen molar-refractivity contribution in [3.63, 3.8) is 0 Å². The van der Waals surface area contributed by atoms with Gasteiger partial charge in [0.05, 0.1) is 32.2 Å². The van der Waals surface area contributed by atoms with Gasteiger partial charge in [-0.1, -0.05) is 36.4 Å². The molecule has 1 heterocycles. The summed E-state index contributed by atoms with van der Waals surface area (Å²) in [6, 6.07) is 25.6. The minimum absolute atomic E-state index is 0.0399. The van der Waals surface area contributed by atoms with Crippen molar-refractivity contribution in [2.45, 2.75) is 33.1 Å². The first-order valence-corrected chi connectivity index (χ1v) is 14.0. The fourth-order valence-electron chi connectivity index (χ4n) is 4.97. The van der Waals surface area contributed by atoms with Crippen molar-refractivity contribution in [2.75, 3.05) is 21.3 Å². The molecule has 1 aromatic heterocycles. The molecular weight excluding hydrogens is 549 g/mol. The van der Waals surface area contributed by atoms with Crippen molar-refractivity contribution >= 4 is 10.9 Å². The van der Waals surface area contributed by atoms with Crippen LogP contribution in [0.2, 0.25) is 0 Å². The van der Waals surface area contributed by atoms with Crippen molar-refractivity contribution < 1.29 is 28.1 Å². The Kier molecular flexibility index (Phi) is 9.15. The number of nitrogens with zero attached hydrogens (tertiary/aromatic N) is 1. The third-order valence-electron chi connectivity index (χ3n) is 7.30. The van der Waals surface area contributed by atoms with Crippen LogP contribution >= 0.6 is 0 Å². The summed E-state index contributed by atoms with van der Waals surface area (Å²) in [6.07, 6.45) is 0.488. The number of benzene rings is 4. The Hall–Kier alpha value is -4.98. The molecule has 0 aliphatic carbocycles. The second-order valence-electron chi connectivity index (χ2n) is 9.95. The van der Waals surface area contributed by atoms with E-state index < -0.39 is 11.2 Å². The van der Waals surface area contributed by atoms with E-state index in [1.54, 1.807) is 39.5 Å². The number of aromatic nitrogens is 1. The van der Waals surface area contributed by atoms with Gasteiger partial charge in [0.25, 0.3) is 0 Å². The van der Waals surface area contributed by atoms with Gasteiger partial charge >= 0.3 is 0 Å². The van der Waals surface area contributed by atoms with E-state index in [-0.39, 0.29) is 30.1 Å². The summed E-state index contributed by atoms with van der Waals surface area (Å²) >= 11 is 0. The number of fused-ring (bicyclic) bond motifs is 1. The molecule has 0 aliphatic heterocycles. The number of aryl methyl sites for hydroxylation is 1. The number of halogens is 1. The van der Waals surface area contributed by atoms with E-state index in [1.807, 2.05) is 72.2 Å². The largest absolute Gasteiger partial charge is 0.497 e. The lowest BCUT2D eigenvalue weighted by atomic mass is 10.1. The minimum atomic E-state index is -0.751. The monoisotopic (exact) mass is 583 g/mol. The van der Waals surface area contributed by atoms with Crippen LogP contribution in [0.4, 0.5) is 4.39 Å². The Morgan fingerprint density at radius 2 is 1.16 bits per heavy atom. The van der Waals surface area contributed by atoms with Gasteiger partial charge in [0.2, 0.25) is 0 Å². The maximum Gasteiger partial charge on any atom is 0.198 e. The molecule has 4 aromatic carbocycles. The number of ether oxygens (including phenoxy) is 5. The zero-order valence-electron chi connectivity index (χ0n) is 24.7. The number of methoxy groups -OCH3 is 3. The van der Waals surface area contributed by atoms with E-state index >= 15 is 4.39 Å². The highest BCUT2D eigenvalue weighted by Gasteiger charge is 2.22. The normalized spacial score (nSPS) is 10.9. The van der Waals surface area contributed by atoms with Gasteiger partial charge in [-0.3, -0.25) is 4.79 Å². The summed E-state index contributed by atoms with van der Waals surface area (Å²) in [7, 11) is 4.81. The molecule has 0 fully saturated rings. The standard InChI is InChI=1S/C35H34FNO6/c1-5-37-26(18-23-6-12-27(39-2)13-7-23)19-31(38)33-30(37)20-32(42-21-24-8-14-28(40-3)15-9-24)35(34(33)36)43-22-25-10-16-29(41-4)17-11-25/h6-17,19-20H,5,18,21-22H2,1-4H3. The van der Waals surface area contributed by atoms with Gasteiger partial charge in [-0.15, -0.1) is 0 Å². The highest BCUT2D eigenvalue weighted by Crippen LogP contribution is 2.37. The molecule has 43 heavy (non-hydrogen) atoms. The molecular formula is C35H34FNO6. The molecule has 0 unspecified atom stereocenters. The first-order chi connectivity index (χ1) is 20.9. The van der Waals surface area contributed by atoms with Crippen molar-refractivity contribution in [1.82, 2.24) is 4.57 Å². The van der Waals surface area contributed by atoms with Crippen LogP contribution in [0.3, 0.4) is 0 Å². The Bertz CT molecular complexity index is 1750. The van der Waals surface area contributed by atoms with E-state index in [0.29, 0.717) is 24.2 Å². The predicted molar refractivity (Wildman–Crippen MR) is 164 cm³/mol. The highest BCUT2D eigenvalue weighted by molar-refractivity contribution is 5.84. The van der Waals surface area contributed by atoms with Crippen molar-refractivity contribution in [3.8, 4) is 28.7 Å². The fourth-order valence-corrected chi connectivity index (χ4v) is 4.97. The van der Waals surface area contributed by atoms with Crippen molar-refractivity contribution in [2.24, 2.45) is 0 Å². The molecule has 0 N–H and O–H groups in total. The lowest BCUT2D eigenvalue weighted by Gasteiger charge is -2.20. The summed E-state index contributed by atoms with van der Waals surface area (Å²) < 4.78 is 46.2. The second kappa shape index (κ2) is 13.3. The molecule has 8 heteroatoms. The lowest BCUT2D eigenvalue weighted by Crippen LogP contribution is -2.16. The Labute approximate surface area is 250 Å². The lowest BCUT2D eigenvalue weighted by molar-refractivity contribution is 0.246. The molecule has 222 valence electrons. The summed E-state index contributed by atoms with van der Waals surface area (Å²) in [5, 5.41) is -0.0399. The third kappa shape index (κ3) is 6.59. The van der Waals surface area contributed by atoms with Gasteiger partial charge in [-0.25, -0.2) is 4.39 Å². The first kappa shape index (κ1) is 29.5. The van der Waals surface area contributed by atoms with Crippen LogP contribution in [-0.2, 0) is 26.2 Å². The van der Waals surface area contributed by atoms with E-state index in [9.17, 15) is 4.79 Å². The fraction of sp³-hybridized carbons (Fsp3) is 0.229. The van der Waals surface area contributed by atoms with E-state index in [4.69, 9.17) is 23.7 Å². The topological polar surface area (TPSA) is 68.2 Å². The number of pyridine rings is 1. The zero-order chi connectivity index (χ0) is 30.3. The molecule has 0 atom stereocenters. The SMILES string of the molecule is CCn1c(Cc2ccc(OC)cc2)cc(=O)c2c(F)c(OCc3ccc(OC)cc3)c(OCc3ccc(OC)cc3)cc21. The van der Waals surface area contributed by atoms with Crippen molar-refractivity contribution in [3.05, 3.63) is 123 Å². The van der Waals surface area contributed by atoms with Gasteiger partial charge < -0.3 is 28.3 Å². The zero-order valence-corrected chi connectivity index (χ0v) is 24.7. The Balaban J connectivity index is 1.56. The maximum absolute atomic E-state index is 16.3. The quantitative estimate of drug-likeness (QED) is 0.159. The minimum Gasteiger partial charge on any atom is -0.497 e. The number of hydrogen-bond donors (Lipinski definition) is 0. The van der Waals surface area contributed by atoms with Crippen LogP contribution < -0.4 is 29.1 Å². The first-order valence-electron chi connectivity index (χ1n) is 14.0. The second-order valence-corrected chi connectivity index (χ2v) is 9.95. The predicted octanol–water partition coefficient (Wildman–Crippen LogP) is 6.94. The smallest absolute Gasteiger partial charge is 0.198 e. The third-order valence-corrected chi connectivity index (χ3v) is 7.30. The van der Waals surface area contributed by atoms with Gasteiger partial charge in [0, 0.05) is 30.8 Å². The maximum atomic E-state index is 16.3. The molecule has 0 saturated carbocycles. The Morgan fingerprint density at radius 3 is 1.65 bits per heavy atom. The van der Waals surface area contributed by atoms with Crippen LogP contribution in [0.1, 0.15) is 29.3 Å². The summed E-state index contributed by atoms with van der Waals surface area (Å²) in [5.74, 6) is 1.52. The molecule has 0 bridgehead atoms. The average Bonchev–Trinajstić information content (AvgIpc) is 3.04. The summed E-state index contributed by atoms with van der Waals surface area (Å²) in [4.78, 5) is 13.4. The van der Waals surface area contributed by atoms with E-state index in [1.165, 1.54) is 6.07 Å². The number of rotatable bonds is 12. The molecule has 7 nitrogen and oxygen atoms in total. The van der Waals surface area contributed by atoms with Crippen LogP contribution in [0.15, 0.2) is 89.7 Å². The molecule has 0 spiro atoms. The summed E-state index contributed by atoms with van der Waals surface area (Å²) in [5.41, 5.74) is 3.45. The van der Waals surface area contributed by atoms with E-state index in [2.05, 4.69) is 0 Å². The highest BCUT2D eigenvalue weighted by atomic mass is 19.1. The van der Waals surface area contributed by atoms with Crippen molar-refractivity contribution in [1.29, 1.82) is 0 Å². The van der Waals surface area contributed by atoms with Gasteiger partial charge in [0.15, 0.2) is 22.7 Å².